The summed E-state index contributed by atoms with van der Waals surface area (Å²) in [6, 6.07) is 15.9. The number of aryl methyl sites for hydroxylation is 1. The standard InChI is InChI=1S/C20H23NO3S/c1-15-5-3-4-6-18(15)24-14-20(22)21-11-12-25-19(13-21)16-7-9-17(23-2)10-8-16/h3-10,19H,11-14H2,1-2H3. The largest absolute Gasteiger partial charge is 0.497 e. The average Bonchev–Trinajstić information content (AvgIpc) is 2.67. The lowest BCUT2D eigenvalue weighted by molar-refractivity contribution is -0.133. The number of rotatable bonds is 5. The summed E-state index contributed by atoms with van der Waals surface area (Å²) in [7, 11) is 1.67. The minimum atomic E-state index is 0.0436. The van der Waals surface area contributed by atoms with E-state index in [1.165, 1.54) is 5.56 Å². The van der Waals surface area contributed by atoms with Gasteiger partial charge in [-0.1, -0.05) is 30.3 Å². The number of para-hydroxylation sites is 1. The molecule has 5 heteroatoms. The van der Waals surface area contributed by atoms with Gasteiger partial charge in [0.1, 0.15) is 11.5 Å². The molecule has 2 aromatic rings. The molecule has 25 heavy (non-hydrogen) atoms. The Kier molecular flexibility index (Phi) is 5.87. The fourth-order valence-corrected chi connectivity index (χ4v) is 4.09. The normalized spacial score (nSPS) is 17.2. The molecule has 1 aliphatic rings. The van der Waals surface area contributed by atoms with E-state index in [1.807, 2.05) is 60.0 Å². The first-order valence-corrected chi connectivity index (χ1v) is 9.44. The Morgan fingerprint density at radius 3 is 2.68 bits per heavy atom. The van der Waals surface area contributed by atoms with Gasteiger partial charge in [0.15, 0.2) is 6.61 Å². The molecule has 1 saturated heterocycles. The third kappa shape index (κ3) is 4.48. The van der Waals surface area contributed by atoms with Gasteiger partial charge in [-0.2, -0.15) is 11.8 Å². The number of hydrogen-bond acceptors (Lipinski definition) is 4. The Labute approximate surface area is 153 Å². The SMILES string of the molecule is COc1ccc(C2CN(C(=O)COc3ccccc3C)CCS2)cc1. The van der Waals surface area contributed by atoms with Crippen molar-refractivity contribution in [1.29, 1.82) is 0 Å². The third-order valence-corrected chi connectivity index (χ3v) is 5.59. The van der Waals surface area contributed by atoms with Crippen LogP contribution in [-0.4, -0.2) is 43.4 Å². The Balaban J connectivity index is 1.58. The summed E-state index contributed by atoms with van der Waals surface area (Å²) < 4.78 is 10.9. The first kappa shape index (κ1) is 17.7. The monoisotopic (exact) mass is 357 g/mol. The van der Waals surface area contributed by atoms with E-state index in [9.17, 15) is 4.79 Å². The summed E-state index contributed by atoms with van der Waals surface area (Å²) in [5.74, 6) is 2.60. The molecule has 0 bridgehead atoms. The number of hydrogen-bond donors (Lipinski definition) is 0. The molecule has 1 atom stereocenters. The van der Waals surface area contributed by atoms with E-state index in [0.717, 1.165) is 29.4 Å². The summed E-state index contributed by atoms with van der Waals surface area (Å²) in [6.45, 7) is 3.56. The molecule has 3 rings (SSSR count). The lowest BCUT2D eigenvalue weighted by Gasteiger charge is -2.32. The predicted molar refractivity (Wildman–Crippen MR) is 101 cm³/mol. The fraction of sp³-hybridized carbons (Fsp3) is 0.350. The maximum absolute atomic E-state index is 12.5. The number of benzene rings is 2. The molecule has 1 fully saturated rings. The van der Waals surface area contributed by atoms with Crippen molar-refractivity contribution < 1.29 is 14.3 Å². The molecule has 0 radical (unpaired) electrons. The van der Waals surface area contributed by atoms with Gasteiger partial charge in [0.25, 0.3) is 5.91 Å². The molecule has 0 aliphatic carbocycles. The van der Waals surface area contributed by atoms with Gasteiger partial charge in [-0.3, -0.25) is 4.79 Å². The van der Waals surface area contributed by atoms with Gasteiger partial charge >= 0.3 is 0 Å². The summed E-state index contributed by atoms with van der Waals surface area (Å²) in [4.78, 5) is 14.4. The number of thioether (sulfide) groups is 1. The molecule has 0 spiro atoms. The van der Waals surface area contributed by atoms with E-state index < -0.39 is 0 Å². The van der Waals surface area contributed by atoms with Crippen LogP contribution >= 0.6 is 11.8 Å². The zero-order valence-corrected chi connectivity index (χ0v) is 15.4. The number of carbonyl (C=O) groups is 1. The highest BCUT2D eigenvalue weighted by Crippen LogP contribution is 2.34. The van der Waals surface area contributed by atoms with Crippen molar-refractivity contribution in [2.45, 2.75) is 12.2 Å². The van der Waals surface area contributed by atoms with Crippen LogP contribution in [0.3, 0.4) is 0 Å². The maximum Gasteiger partial charge on any atom is 0.260 e. The first-order chi connectivity index (χ1) is 12.2. The molecule has 0 N–H and O–H groups in total. The molecule has 1 unspecified atom stereocenters. The molecule has 0 aromatic heterocycles. The summed E-state index contributed by atoms with van der Waals surface area (Å²) >= 11 is 1.89. The van der Waals surface area contributed by atoms with Gasteiger partial charge in [0.2, 0.25) is 0 Å². The second-order valence-corrected chi connectivity index (χ2v) is 7.34. The smallest absolute Gasteiger partial charge is 0.260 e. The van der Waals surface area contributed by atoms with E-state index >= 15 is 0 Å². The maximum atomic E-state index is 12.5. The fourth-order valence-electron chi connectivity index (χ4n) is 2.85. The third-order valence-electron chi connectivity index (χ3n) is 4.35. The lowest BCUT2D eigenvalue weighted by atomic mass is 10.1. The number of carbonyl (C=O) groups excluding carboxylic acids is 1. The van der Waals surface area contributed by atoms with Crippen LogP contribution < -0.4 is 9.47 Å². The Hall–Kier alpha value is -2.14. The van der Waals surface area contributed by atoms with Crippen LogP contribution in [0, 0.1) is 6.92 Å². The zero-order valence-electron chi connectivity index (χ0n) is 14.6. The van der Waals surface area contributed by atoms with Gasteiger partial charge in [0.05, 0.1) is 7.11 Å². The minimum absolute atomic E-state index is 0.0436. The number of nitrogens with zero attached hydrogens (tertiary/aromatic N) is 1. The van der Waals surface area contributed by atoms with Gasteiger partial charge < -0.3 is 14.4 Å². The molecular formula is C20H23NO3S. The summed E-state index contributed by atoms with van der Waals surface area (Å²) in [5, 5.41) is 0.294. The Morgan fingerprint density at radius 2 is 1.96 bits per heavy atom. The molecule has 2 aromatic carbocycles. The molecule has 4 nitrogen and oxygen atoms in total. The quantitative estimate of drug-likeness (QED) is 0.818. The highest BCUT2D eigenvalue weighted by atomic mass is 32.2. The van der Waals surface area contributed by atoms with Crippen molar-refractivity contribution in [3.63, 3.8) is 0 Å². The van der Waals surface area contributed by atoms with E-state index in [2.05, 4.69) is 12.1 Å². The van der Waals surface area contributed by atoms with Crippen LogP contribution in [0.1, 0.15) is 16.4 Å². The molecule has 0 saturated carbocycles. The summed E-state index contributed by atoms with van der Waals surface area (Å²) in [5.41, 5.74) is 2.27. The van der Waals surface area contributed by atoms with E-state index in [4.69, 9.17) is 9.47 Å². The van der Waals surface area contributed by atoms with E-state index in [-0.39, 0.29) is 12.5 Å². The van der Waals surface area contributed by atoms with Crippen molar-refractivity contribution >= 4 is 17.7 Å². The van der Waals surface area contributed by atoms with Crippen LogP contribution in [0.5, 0.6) is 11.5 Å². The van der Waals surface area contributed by atoms with E-state index in [1.54, 1.807) is 7.11 Å². The molecule has 132 valence electrons. The molecule has 1 aliphatic heterocycles. The van der Waals surface area contributed by atoms with Crippen molar-refractivity contribution in [3.05, 3.63) is 59.7 Å². The number of amides is 1. The number of ether oxygens (including phenoxy) is 2. The minimum Gasteiger partial charge on any atom is -0.497 e. The van der Waals surface area contributed by atoms with Crippen molar-refractivity contribution in [2.24, 2.45) is 0 Å². The highest BCUT2D eigenvalue weighted by molar-refractivity contribution is 7.99. The zero-order chi connectivity index (χ0) is 17.6. The van der Waals surface area contributed by atoms with Gasteiger partial charge in [-0.05, 0) is 36.2 Å². The van der Waals surface area contributed by atoms with Crippen molar-refractivity contribution in [1.82, 2.24) is 4.90 Å². The predicted octanol–water partition coefficient (Wildman–Crippen LogP) is 3.70. The number of methoxy groups -OCH3 is 1. The van der Waals surface area contributed by atoms with Gasteiger partial charge in [0, 0.05) is 24.1 Å². The van der Waals surface area contributed by atoms with Gasteiger partial charge in [-0.25, -0.2) is 0 Å². The van der Waals surface area contributed by atoms with Crippen molar-refractivity contribution in [2.75, 3.05) is 32.6 Å². The van der Waals surface area contributed by atoms with Crippen LogP contribution in [-0.2, 0) is 4.79 Å². The van der Waals surface area contributed by atoms with Crippen LogP contribution in [0.2, 0.25) is 0 Å². The highest BCUT2D eigenvalue weighted by Gasteiger charge is 2.25. The van der Waals surface area contributed by atoms with Gasteiger partial charge in [-0.15, -0.1) is 0 Å². The van der Waals surface area contributed by atoms with Crippen molar-refractivity contribution in [3.8, 4) is 11.5 Å². The molecular weight excluding hydrogens is 334 g/mol. The molecule has 1 heterocycles. The lowest BCUT2D eigenvalue weighted by Crippen LogP contribution is -2.41. The second-order valence-electron chi connectivity index (χ2n) is 6.03. The van der Waals surface area contributed by atoms with Crippen LogP contribution in [0.4, 0.5) is 0 Å². The Bertz CT molecular complexity index is 717. The topological polar surface area (TPSA) is 38.8 Å². The first-order valence-electron chi connectivity index (χ1n) is 8.39. The summed E-state index contributed by atoms with van der Waals surface area (Å²) in [6.07, 6.45) is 0. The molecule has 1 amide bonds. The Morgan fingerprint density at radius 1 is 1.20 bits per heavy atom. The average molecular weight is 357 g/mol. The second kappa shape index (κ2) is 8.30. The van der Waals surface area contributed by atoms with Crippen LogP contribution in [0.15, 0.2) is 48.5 Å². The van der Waals surface area contributed by atoms with Crippen LogP contribution in [0.25, 0.3) is 0 Å². The van der Waals surface area contributed by atoms with E-state index in [0.29, 0.717) is 11.8 Å².